The average molecular weight is 534 g/mol. The molecule has 0 saturated heterocycles. The molecule has 2 aromatic carbocycles. The van der Waals surface area contributed by atoms with Crippen LogP contribution in [0.15, 0.2) is 48.5 Å². The maximum Gasteiger partial charge on any atom is 0.244 e. The molecule has 3 rings (SSSR count). The van der Waals surface area contributed by atoms with Gasteiger partial charge in [0.05, 0.1) is 11.9 Å². The van der Waals surface area contributed by atoms with Gasteiger partial charge in [0.1, 0.15) is 12.6 Å². The first kappa shape index (κ1) is 28.0. The second-order valence-corrected chi connectivity index (χ2v) is 11.7. The topological polar surface area (TPSA) is 86.8 Å². The molecule has 9 heteroatoms. The highest BCUT2D eigenvalue weighted by atomic mass is 35.5. The van der Waals surface area contributed by atoms with Crippen LogP contribution in [0.1, 0.15) is 50.2 Å². The number of benzene rings is 2. The summed E-state index contributed by atoms with van der Waals surface area (Å²) in [6, 6.07) is 14.1. The molecular formula is C27H36ClN3O4S. The van der Waals surface area contributed by atoms with E-state index in [-0.39, 0.29) is 11.9 Å². The Kier molecular flexibility index (Phi) is 9.79. The van der Waals surface area contributed by atoms with Crippen molar-refractivity contribution in [3.8, 4) is 0 Å². The minimum Gasteiger partial charge on any atom is -0.352 e. The van der Waals surface area contributed by atoms with Gasteiger partial charge in [-0.15, -0.1) is 0 Å². The van der Waals surface area contributed by atoms with Gasteiger partial charge in [-0.05, 0) is 55.9 Å². The average Bonchev–Trinajstić information content (AvgIpc) is 3.35. The highest BCUT2D eigenvalue weighted by molar-refractivity contribution is 7.92. The molecule has 0 bridgehead atoms. The Morgan fingerprint density at radius 1 is 1.08 bits per heavy atom. The second-order valence-electron chi connectivity index (χ2n) is 9.39. The fraction of sp³-hybridized carbons (Fsp3) is 0.481. The van der Waals surface area contributed by atoms with Gasteiger partial charge >= 0.3 is 0 Å². The first-order chi connectivity index (χ1) is 17.1. The van der Waals surface area contributed by atoms with Crippen LogP contribution in [0.5, 0.6) is 0 Å². The van der Waals surface area contributed by atoms with E-state index in [2.05, 4.69) is 5.32 Å². The van der Waals surface area contributed by atoms with Crippen molar-refractivity contribution in [2.45, 2.75) is 64.5 Å². The van der Waals surface area contributed by atoms with E-state index in [1.807, 2.05) is 37.3 Å². The summed E-state index contributed by atoms with van der Waals surface area (Å²) in [4.78, 5) is 28.6. The highest BCUT2D eigenvalue weighted by Gasteiger charge is 2.33. The Morgan fingerprint density at radius 3 is 2.36 bits per heavy atom. The van der Waals surface area contributed by atoms with Gasteiger partial charge in [-0.1, -0.05) is 67.8 Å². The van der Waals surface area contributed by atoms with E-state index < -0.39 is 28.5 Å². The molecule has 1 saturated carbocycles. The van der Waals surface area contributed by atoms with Crippen LogP contribution in [-0.2, 0) is 26.0 Å². The number of amides is 2. The molecule has 0 spiro atoms. The number of hydrogen-bond donors (Lipinski definition) is 1. The van der Waals surface area contributed by atoms with Crippen LogP contribution in [0.25, 0.3) is 0 Å². The van der Waals surface area contributed by atoms with Crippen LogP contribution >= 0.6 is 11.6 Å². The predicted molar refractivity (Wildman–Crippen MR) is 145 cm³/mol. The minimum absolute atomic E-state index is 0.124. The van der Waals surface area contributed by atoms with Crippen LogP contribution in [-0.4, -0.2) is 56.6 Å². The smallest absolute Gasteiger partial charge is 0.244 e. The molecule has 36 heavy (non-hydrogen) atoms. The third-order valence-electron chi connectivity index (χ3n) is 6.76. The Hall–Kier alpha value is -2.58. The standard InChI is InChI=1S/C27H36ClN3O4S/c1-4-24(27(33)29-22-13-8-9-14-22)30(18-17-21-11-6-5-7-12-21)26(32)19-31(36(3,34)35)25-16-10-15-23(28)20(25)2/h5-7,10-12,15-16,22,24H,4,8-9,13-14,17-19H2,1-3H3,(H,29,33)/t24-/m1/s1. The van der Waals surface area contributed by atoms with Crippen LogP contribution < -0.4 is 9.62 Å². The molecule has 0 heterocycles. The zero-order chi connectivity index (χ0) is 26.3. The number of rotatable bonds is 11. The van der Waals surface area contributed by atoms with Crippen LogP contribution in [0.2, 0.25) is 5.02 Å². The van der Waals surface area contributed by atoms with Gasteiger partial charge in [0.2, 0.25) is 21.8 Å². The van der Waals surface area contributed by atoms with Crippen LogP contribution in [0.3, 0.4) is 0 Å². The first-order valence-corrected chi connectivity index (χ1v) is 14.7. The lowest BCUT2D eigenvalue weighted by molar-refractivity contribution is -0.139. The molecule has 0 aromatic heterocycles. The summed E-state index contributed by atoms with van der Waals surface area (Å²) in [5.74, 6) is -0.611. The van der Waals surface area contributed by atoms with Gasteiger partial charge in [0, 0.05) is 17.6 Å². The predicted octanol–water partition coefficient (Wildman–Crippen LogP) is 4.32. The normalized spacial score (nSPS) is 14.9. The number of anilines is 1. The molecule has 1 N–H and O–H groups in total. The van der Waals surface area contributed by atoms with E-state index in [0.717, 1.165) is 41.8 Å². The molecule has 7 nitrogen and oxygen atoms in total. The Bertz CT molecular complexity index is 1150. The number of nitrogens with one attached hydrogen (secondary N) is 1. The Balaban J connectivity index is 1.89. The Labute approximate surface area is 219 Å². The van der Waals surface area contributed by atoms with Crippen molar-refractivity contribution >= 4 is 39.1 Å². The summed E-state index contributed by atoms with van der Waals surface area (Å²) in [7, 11) is -3.80. The third-order valence-corrected chi connectivity index (χ3v) is 8.29. The fourth-order valence-electron chi connectivity index (χ4n) is 4.72. The number of hydrogen-bond acceptors (Lipinski definition) is 4. The van der Waals surface area contributed by atoms with Gasteiger partial charge in [-0.25, -0.2) is 8.42 Å². The monoisotopic (exact) mass is 533 g/mol. The number of nitrogens with zero attached hydrogens (tertiary/aromatic N) is 2. The van der Waals surface area contributed by atoms with Gasteiger partial charge in [-0.2, -0.15) is 0 Å². The summed E-state index contributed by atoms with van der Waals surface area (Å²) in [5, 5.41) is 3.53. The quantitative estimate of drug-likeness (QED) is 0.466. The SMILES string of the molecule is CC[C@H](C(=O)NC1CCCC1)N(CCc1ccccc1)C(=O)CN(c1cccc(Cl)c1C)S(C)(=O)=O. The molecule has 1 atom stereocenters. The Morgan fingerprint density at radius 2 is 1.75 bits per heavy atom. The van der Waals surface area contributed by atoms with Crippen molar-refractivity contribution in [1.82, 2.24) is 10.2 Å². The van der Waals surface area contributed by atoms with E-state index in [1.165, 1.54) is 4.90 Å². The number of carbonyl (C=O) groups excluding carboxylic acids is 2. The molecule has 0 radical (unpaired) electrons. The molecule has 2 amide bonds. The van der Waals surface area contributed by atoms with E-state index in [9.17, 15) is 18.0 Å². The lowest BCUT2D eigenvalue weighted by Crippen LogP contribution is -2.54. The van der Waals surface area contributed by atoms with Gasteiger partial charge in [0.15, 0.2) is 0 Å². The van der Waals surface area contributed by atoms with E-state index >= 15 is 0 Å². The molecule has 2 aromatic rings. The minimum atomic E-state index is -3.80. The van der Waals surface area contributed by atoms with Crippen molar-refractivity contribution < 1.29 is 18.0 Å². The van der Waals surface area contributed by atoms with Crippen molar-refractivity contribution in [1.29, 1.82) is 0 Å². The second kappa shape index (κ2) is 12.6. The largest absolute Gasteiger partial charge is 0.352 e. The summed E-state index contributed by atoms with van der Waals surface area (Å²) >= 11 is 6.25. The molecule has 196 valence electrons. The fourth-order valence-corrected chi connectivity index (χ4v) is 5.79. The third kappa shape index (κ3) is 7.23. The van der Waals surface area contributed by atoms with Crippen LogP contribution in [0.4, 0.5) is 5.69 Å². The lowest BCUT2D eigenvalue weighted by atomic mass is 10.1. The van der Waals surface area contributed by atoms with Crippen molar-refractivity contribution in [2.24, 2.45) is 0 Å². The van der Waals surface area contributed by atoms with Crippen LogP contribution in [0, 0.1) is 6.92 Å². The van der Waals surface area contributed by atoms with E-state index in [0.29, 0.717) is 35.7 Å². The molecule has 0 aliphatic heterocycles. The highest BCUT2D eigenvalue weighted by Crippen LogP contribution is 2.28. The first-order valence-electron chi connectivity index (χ1n) is 12.5. The van der Waals surface area contributed by atoms with E-state index in [4.69, 9.17) is 11.6 Å². The maximum absolute atomic E-state index is 13.7. The molecule has 0 unspecified atom stereocenters. The molecule has 1 aliphatic rings. The summed E-state index contributed by atoms with van der Waals surface area (Å²) in [5.41, 5.74) is 1.95. The number of halogens is 1. The summed E-state index contributed by atoms with van der Waals surface area (Å²) < 4.78 is 26.6. The zero-order valence-electron chi connectivity index (χ0n) is 21.2. The van der Waals surface area contributed by atoms with Crippen molar-refractivity contribution in [3.05, 3.63) is 64.7 Å². The molecular weight excluding hydrogens is 498 g/mol. The number of sulfonamides is 1. The summed E-state index contributed by atoms with van der Waals surface area (Å²) in [6.45, 7) is 3.47. The van der Waals surface area contributed by atoms with Crippen molar-refractivity contribution in [3.63, 3.8) is 0 Å². The maximum atomic E-state index is 13.7. The van der Waals surface area contributed by atoms with Crippen molar-refractivity contribution in [2.75, 3.05) is 23.7 Å². The van der Waals surface area contributed by atoms with Gasteiger partial charge in [0.25, 0.3) is 0 Å². The summed E-state index contributed by atoms with van der Waals surface area (Å²) in [6.07, 6.45) is 6.09. The van der Waals surface area contributed by atoms with E-state index in [1.54, 1.807) is 25.1 Å². The van der Waals surface area contributed by atoms with Gasteiger partial charge < -0.3 is 10.2 Å². The lowest BCUT2D eigenvalue weighted by Gasteiger charge is -2.33. The molecule has 1 fully saturated rings. The number of carbonyl (C=O) groups is 2. The zero-order valence-corrected chi connectivity index (χ0v) is 22.8. The molecule has 1 aliphatic carbocycles. The van der Waals surface area contributed by atoms with Gasteiger partial charge in [-0.3, -0.25) is 13.9 Å².